The van der Waals surface area contributed by atoms with E-state index in [1.54, 1.807) is 4.90 Å². The summed E-state index contributed by atoms with van der Waals surface area (Å²) in [6, 6.07) is 14.7. The number of nitrogens with one attached hydrogen (secondary N) is 1. The number of rotatable bonds is 1. The highest BCUT2D eigenvalue weighted by molar-refractivity contribution is 6.11. The van der Waals surface area contributed by atoms with Crippen LogP contribution < -0.4 is 10.2 Å². The summed E-state index contributed by atoms with van der Waals surface area (Å²) >= 11 is 0. The molecule has 0 aliphatic carbocycles. The van der Waals surface area contributed by atoms with Gasteiger partial charge >= 0.3 is 0 Å². The number of hydrogen-bond acceptors (Lipinski definition) is 2. The molecule has 2 amide bonds. The van der Waals surface area contributed by atoms with E-state index in [2.05, 4.69) is 5.32 Å². The van der Waals surface area contributed by atoms with Gasteiger partial charge in [0.2, 0.25) is 5.91 Å². The maximum Gasteiger partial charge on any atom is 0.258 e. The van der Waals surface area contributed by atoms with E-state index in [-0.39, 0.29) is 24.3 Å². The molecule has 0 saturated heterocycles. The van der Waals surface area contributed by atoms with Crippen molar-refractivity contribution in [2.45, 2.75) is 26.3 Å². The van der Waals surface area contributed by atoms with Crippen LogP contribution in [0.2, 0.25) is 0 Å². The fraction of sp³-hybridized carbons (Fsp3) is 0.222. The third kappa shape index (κ3) is 2.60. The first kappa shape index (κ1) is 14.3. The Morgan fingerprint density at radius 3 is 2.73 bits per heavy atom. The molecule has 0 radical (unpaired) electrons. The molecule has 2 aromatic carbocycles. The predicted octanol–water partition coefficient (Wildman–Crippen LogP) is 3.37. The number of carbonyl (C=O) groups excluding carboxylic acids is 2. The SMILES string of the molecule is Cc1cccc(C(=O)N2c3ccccc3NC(=O)C[C@@H]2C)c1. The first-order chi connectivity index (χ1) is 10.6. The van der Waals surface area contributed by atoms with Crippen LogP contribution in [0.5, 0.6) is 0 Å². The molecule has 0 unspecified atom stereocenters. The lowest BCUT2D eigenvalue weighted by molar-refractivity contribution is -0.116. The van der Waals surface area contributed by atoms with Crippen molar-refractivity contribution in [3.8, 4) is 0 Å². The Kier molecular flexibility index (Phi) is 3.67. The standard InChI is InChI=1S/C18H18N2O2/c1-12-6-5-7-14(10-12)18(22)20-13(2)11-17(21)19-15-8-3-4-9-16(15)20/h3-10,13H,11H2,1-2H3,(H,19,21)/t13-/m0/s1. The molecule has 1 N–H and O–H groups in total. The van der Waals surface area contributed by atoms with Crippen LogP contribution in [-0.2, 0) is 4.79 Å². The number of anilines is 2. The Labute approximate surface area is 129 Å². The topological polar surface area (TPSA) is 49.4 Å². The minimum absolute atomic E-state index is 0.0699. The van der Waals surface area contributed by atoms with E-state index >= 15 is 0 Å². The van der Waals surface area contributed by atoms with Crippen LogP contribution in [0.3, 0.4) is 0 Å². The third-order valence-corrected chi connectivity index (χ3v) is 3.84. The quantitative estimate of drug-likeness (QED) is 0.876. The molecular formula is C18H18N2O2. The molecule has 1 aliphatic rings. The summed E-state index contributed by atoms with van der Waals surface area (Å²) in [5, 5.41) is 2.87. The van der Waals surface area contributed by atoms with Crippen molar-refractivity contribution in [3.05, 3.63) is 59.7 Å². The van der Waals surface area contributed by atoms with Gasteiger partial charge in [0.05, 0.1) is 11.4 Å². The number of aryl methyl sites for hydroxylation is 1. The summed E-state index contributed by atoms with van der Waals surface area (Å²) in [5.74, 6) is -0.153. The normalized spacial score (nSPS) is 17.5. The fourth-order valence-electron chi connectivity index (χ4n) is 2.81. The van der Waals surface area contributed by atoms with Crippen LogP contribution in [0, 0.1) is 6.92 Å². The Morgan fingerprint density at radius 2 is 1.95 bits per heavy atom. The van der Waals surface area contributed by atoms with E-state index in [1.165, 1.54) is 0 Å². The smallest absolute Gasteiger partial charge is 0.258 e. The molecule has 1 aliphatic heterocycles. The molecule has 4 heteroatoms. The van der Waals surface area contributed by atoms with E-state index in [0.29, 0.717) is 11.3 Å². The Bertz CT molecular complexity index is 739. The number of carbonyl (C=O) groups is 2. The summed E-state index contributed by atoms with van der Waals surface area (Å²) in [6.07, 6.45) is 0.284. The second-order valence-electron chi connectivity index (χ2n) is 5.66. The van der Waals surface area contributed by atoms with E-state index < -0.39 is 0 Å². The second-order valence-corrected chi connectivity index (χ2v) is 5.66. The first-order valence-electron chi connectivity index (χ1n) is 7.35. The molecule has 1 heterocycles. The molecule has 4 nitrogen and oxygen atoms in total. The van der Waals surface area contributed by atoms with Gasteiger partial charge in [0.25, 0.3) is 5.91 Å². The molecule has 0 bridgehead atoms. The molecule has 22 heavy (non-hydrogen) atoms. The lowest BCUT2D eigenvalue weighted by atomic mass is 10.1. The molecule has 0 fully saturated rings. The van der Waals surface area contributed by atoms with Crippen molar-refractivity contribution in [2.75, 3.05) is 10.2 Å². The number of benzene rings is 2. The summed E-state index contributed by atoms with van der Waals surface area (Å²) in [4.78, 5) is 26.6. The van der Waals surface area contributed by atoms with E-state index in [4.69, 9.17) is 0 Å². The maximum absolute atomic E-state index is 13.0. The van der Waals surface area contributed by atoms with Crippen LogP contribution in [0.15, 0.2) is 48.5 Å². The summed E-state index contributed by atoms with van der Waals surface area (Å²) in [5.41, 5.74) is 3.09. The Balaban J connectivity index is 2.08. The van der Waals surface area contributed by atoms with Gasteiger partial charge in [-0.25, -0.2) is 0 Å². The molecule has 0 aromatic heterocycles. The van der Waals surface area contributed by atoms with Crippen molar-refractivity contribution in [2.24, 2.45) is 0 Å². The van der Waals surface area contributed by atoms with Crippen molar-refractivity contribution in [3.63, 3.8) is 0 Å². The average molecular weight is 294 g/mol. The number of nitrogens with zero attached hydrogens (tertiary/aromatic N) is 1. The van der Waals surface area contributed by atoms with Crippen LogP contribution in [0.25, 0.3) is 0 Å². The minimum atomic E-state index is -0.198. The number of fused-ring (bicyclic) bond motifs is 1. The monoisotopic (exact) mass is 294 g/mol. The number of para-hydroxylation sites is 2. The van der Waals surface area contributed by atoms with Crippen LogP contribution in [0.4, 0.5) is 11.4 Å². The van der Waals surface area contributed by atoms with Gasteiger partial charge in [0.15, 0.2) is 0 Å². The van der Waals surface area contributed by atoms with Crippen molar-refractivity contribution < 1.29 is 9.59 Å². The van der Waals surface area contributed by atoms with Crippen molar-refractivity contribution >= 4 is 23.2 Å². The fourth-order valence-corrected chi connectivity index (χ4v) is 2.81. The van der Waals surface area contributed by atoms with Gasteiger partial charge in [-0.05, 0) is 38.1 Å². The summed E-state index contributed by atoms with van der Waals surface area (Å²) in [7, 11) is 0. The second kappa shape index (κ2) is 5.64. The minimum Gasteiger partial charge on any atom is -0.324 e. The van der Waals surface area contributed by atoms with Gasteiger partial charge in [0, 0.05) is 18.0 Å². The van der Waals surface area contributed by atoms with Crippen LogP contribution in [-0.4, -0.2) is 17.9 Å². The van der Waals surface area contributed by atoms with Crippen molar-refractivity contribution in [1.82, 2.24) is 0 Å². The molecule has 3 rings (SSSR count). The molecular weight excluding hydrogens is 276 g/mol. The van der Waals surface area contributed by atoms with Gasteiger partial charge in [0.1, 0.15) is 0 Å². The summed E-state index contributed by atoms with van der Waals surface area (Å²) in [6.45, 7) is 3.86. The van der Waals surface area contributed by atoms with Crippen LogP contribution >= 0.6 is 0 Å². The predicted molar refractivity (Wildman–Crippen MR) is 87.1 cm³/mol. The van der Waals surface area contributed by atoms with Crippen molar-refractivity contribution in [1.29, 1.82) is 0 Å². The van der Waals surface area contributed by atoms with Gasteiger partial charge in [-0.2, -0.15) is 0 Å². The zero-order chi connectivity index (χ0) is 15.7. The van der Waals surface area contributed by atoms with E-state index in [0.717, 1.165) is 11.3 Å². The largest absolute Gasteiger partial charge is 0.324 e. The highest BCUT2D eigenvalue weighted by Gasteiger charge is 2.30. The average Bonchev–Trinajstić information content (AvgIpc) is 2.61. The lowest BCUT2D eigenvalue weighted by Crippen LogP contribution is -2.39. The number of amides is 2. The molecule has 0 saturated carbocycles. The lowest BCUT2D eigenvalue weighted by Gasteiger charge is -2.28. The molecule has 0 spiro atoms. The maximum atomic E-state index is 13.0. The van der Waals surface area contributed by atoms with Gasteiger partial charge in [-0.15, -0.1) is 0 Å². The summed E-state index contributed by atoms with van der Waals surface area (Å²) < 4.78 is 0. The highest BCUT2D eigenvalue weighted by Crippen LogP contribution is 2.32. The Morgan fingerprint density at radius 1 is 1.18 bits per heavy atom. The zero-order valence-corrected chi connectivity index (χ0v) is 12.7. The Hall–Kier alpha value is -2.62. The van der Waals surface area contributed by atoms with Crippen LogP contribution in [0.1, 0.15) is 29.3 Å². The first-order valence-corrected chi connectivity index (χ1v) is 7.35. The molecule has 1 atom stereocenters. The van der Waals surface area contributed by atoms with E-state index in [9.17, 15) is 9.59 Å². The molecule has 112 valence electrons. The van der Waals surface area contributed by atoms with Gasteiger partial charge in [-0.3, -0.25) is 9.59 Å². The third-order valence-electron chi connectivity index (χ3n) is 3.84. The van der Waals surface area contributed by atoms with Gasteiger partial charge < -0.3 is 10.2 Å². The van der Waals surface area contributed by atoms with Gasteiger partial charge in [-0.1, -0.05) is 29.8 Å². The molecule has 2 aromatic rings. The number of hydrogen-bond donors (Lipinski definition) is 1. The highest BCUT2D eigenvalue weighted by atomic mass is 16.2. The zero-order valence-electron chi connectivity index (χ0n) is 12.7. The van der Waals surface area contributed by atoms with E-state index in [1.807, 2.05) is 62.4 Å².